The van der Waals surface area contributed by atoms with Crippen molar-refractivity contribution in [2.24, 2.45) is 4.99 Å². The zero-order valence-electron chi connectivity index (χ0n) is 20.7. The second-order valence-corrected chi connectivity index (χ2v) is 10.1. The molecule has 0 fully saturated rings. The van der Waals surface area contributed by atoms with Gasteiger partial charge in [-0.05, 0) is 69.2 Å². The summed E-state index contributed by atoms with van der Waals surface area (Å²) in [5.74, 6) is -0.306. The smallest absolute Gasteiger partial charge is 0.316 e. The number of aliphatic hydroxyl groups is 1. The van der Waals surface area contributed by atoms with Crippen LogP contribution in [0.1, 0.15) is 36.9 Å². The van der Waals surface area contributed by atoms with Crippen LogP contribution in [0.15, 0.2) is 63.4 Å². The van der Waals surface area contributed by atoms with Gasteiger partial charge in [0.2, 0.25) is 0 Å². The van der Waals surface area contributed by atoms with Gasteiger partial charge >= 0.3 is 11.1 Å². The van der Waals surface area contributed by atoms with Crippen LogP contribution in [0.4, 0.5) is 11.4 Å². The van der Waals surface area contributed by atoms with E-state index in [1.54, 1.807) is 51.4 Å². The quantitative estimate of drug-likeness (QED) is 0.151. The molecule has 10 nitrogen and oxygen atoms in total. The number of anilines is 1. The third-order valence-electron chi connectivity index (χ3n) is 5.65. The van der Waals surface area contributed by atoms with E-state index in [9.17, 15) is 19.5 Å². The van der Waals surface area contributed by atoms with E-state index in [1.807, 2.05) is 18.2 Å². The number of thiophene rings is 1. The Bertz CT molecular complexity index is 1560. The normalized spacial score (nSPS) is 11.8. The molecule has 0 aliphatic carbocycles. The molecular weight excluding hydrogens is 492 g/mol. The average molecular weight is 521 g/mol. The molecule has 0 atom stereocenters. The molecule has 37 heavy (non-hydrogen) atoms. The molecule has 0 saturated carbocycles. The standard InChI is InChI=1S/C26H28N6O4S/c1-4-32-20-14-18(28-12-9-26(2,3)36)17(13-19(20)31-24(34)25(32)35)29-15-30-23(33)22-6-5-21(37-22)16-7-10-27-11-8-16/h5-8,10-11,13-15,28,36H,4,9,12H2,1-3H3,(H,31,34)(H,29,30,33). The fraction of sp³-hybridized carbons (Fsp3) is 0.269. The van der Waals surface area contributed by atoms with Crippen LogP contribution in [0.25, 0.3) is 21.5 Å². The van der Waals surface area contributed by atoms with Gasteiger partial charge in [0, 0.05) is 30.4 Å². The van der Waals surface area contributed by atoms with Crippen molar-refractivity contribution in [3.8, 4) is 10.4 Å². The van der Waals surface area contributed by atoms with Crippen molar-refractivity contribution < 1.29 is 9.90 Å². The zero-order valence-corrected chi connectivity index (χ0v) is 21.6. The van der Waals surface area contributed by atoms with Crippen molar-refractivity contribution in [3.05, 3.63) is 74.4 Å². The van der Waals surface area contributed by atoms with Gasteiger partial charge in [0.1, 0.15) is 0 Å². The van der Waals surface area contributed by atoms with Crippen molar-refractivity contribution in [1.29, 1.82) is 0 Å². The summed E-state index contributed by atoms with van der Waals surface area (Å²) >= 11 is 1.36. The van der Waals surface area contributed by atoms with Gasteiger partial charge in [-0.3, -0.25) is 19.4 Å². The highest BCUT2D eigenvalue weighted by Crippen LogP contribution is 2.30. The van der Waals surface area contributed by atoms with E-state index in [2.05, 4.69) is 25.6 Å². The molecule has 1 aromatic carbocycles. The molecule has 0 radical (unpaired) electrons. The van der Waals surface area contributed by atoms with Crippen molar-refractivity contribution in [1.82, 2.24) is 19.9 Å². The molecule has 0 bridgehead atoms. The molecule has 0 saturated heterocycles. The van der Waals surface area contributed by atoms with E-state index in [4.69, 9.17) is 0 Å². The molecule has 0 aliphatic heterocycles. The predicted molar refractivity (Wildman–Crippen MR) is 147 cm³/mol. The first kappa shape index (κ1) is 26.0. The molecule has 0 unspecified atom stereocenters. The Labute approximate surface area is 216 Å². The second kappa shape index (κ2) is 10.9. The Morgan fingerprint density at radius 3 is 2.68 bits per heavy atom. The predicted octanol–water partition coefficient (Wildman–Crippen LogP) is 3.50. The monoisotopic (exact) mass is 520 g/mol. The number of amides is 1. The molecule has 4 rings (SSSR count). The maximum atomic E-state index is 12.7. The third-order valence-corrected chi connectivity index (χ3v) is 6.79. The van der Waals surface area contributed by atoms with Crippen molar-refractivity contribution in [3.63, 3.8) is 0 Å². The van der Waals surface area contributed by atoms with Crippen LogP contribution in [-0.4, -0.2) is 44.0 Å². The number of nitrogens with zero attached hydrogens (tertiary/aromatic N) is 3. The number of pyridine rings is 1. The maximum Gasteiger partial charge on any atom is 0.316 e. The minimum atomic E-state index is -0.867. The number of carbonyl (C=O) groups is 1. The number of aromatic amines is 1. The minimum Gasteiger partial charge on any atom is -0.390 e. The van der Waals surface area contributed by atoms with E-state index in [1.165, 1.54) is 22.2 Å². The molecule has 3 heterocycles. The first-order valence-corrected chi connectivity index (χ1v) is 12.6. The fourth-order valence-electron chi connectivity index (χ4n) is 3.74. The highest BCUT2D eigenvalue weighted by atomic mass is 32.1. The van der Waals surface area contributed by atoms with Crippen LogP contribution in [0.3, 0.4) is 0 Å². The average Bonchev–Trinajstić information content (AvgIpc) is 3.36. The summed E-state index contributed by atoms with van der Waals surface area (Å²) in [5.41, 5.74) is 0.780. The van der Waals surface area contributed by atoms with Gasteiger partial charge in [-0.1, -0.05) is 0 Å². The summed E-state index contributed by atoms with van der Waals surface area (Å²) in [6, 6.07) is 10.8. The van der Waals surface area contributed by atoms with Crippen molar-refractivity contribution in [2.75, 3.05) is 11.9 Å². The molecule has 1 amide bonds. The van der Waals surface area contributed by atoms with E-state index < -0.39 is 16.7 Å². The number of aryl methyl sites for hydroxylation is 1. The number of hydrogen-bond donors (Lipinski definition) is 4. The Morgan fingerprint density at radius 2 is 1.97 bits per heavy atom. The molecule has 0 aliphatic rings. The minimum absolute atomic E-state index is 0.306. The number of aromatic nitrogens is 3. The maximum absolute atomic E-state index is 12.7. The summed E-state index contributed by atoms with van der Waals surface area (Å²) in [6.07, 6.45) is 5.16. The van der Waals surface area contributed by atoms with Crippen LogP contribution in [0.5, 0.6) is 0 Å². The van der Waals surface area contributed by atoms with Gasteiger partial charge < -0.3 is 25.3 Å². The van der Waals surface area contributed by atoms with Crippen LogP contribution in [-0.2, 0) is 6.54 Å². The first-order chi connectivity index (χ1) is 17.7. The zero-order chi connectivity index (χ0) is 26.6. The molecular formula is C26H28N6O4S. The van der Waals surface area contributed by atoms with Gasteiger partial charge in [0.25, 0.3) is 5.91 Å². The number of rotatable bonds is 9. The van der Waals surface area contributed by atoms with Crippen LogP contribution in [0.2, 0.25) is 0 Å². The Morgan fingerprint density at radius 1 is 1.22 bits per heavy atom. The number of nitrogens with one attached hydrogen (secondary N) is 3. The third kappa shape index (κ3) is 6.19. The van der Waals surface area contributed by atoms with E-state index in [-0.39, 0.29) is 5.91 Å². The first-order valence-electron chi connectivity index (χ1n) is 11.8. The van der Waals surface area contributed by atoms with Gasteiger partial charge in [-0.15, -0.1) is 11.3 Å². The van der Waals surface area contributed by atoms with Gasteiger partial charge in [-0.25, -0.2) is 4.99 Å². The number of fused-ring (bicyclic) bond motifs is 1. The molecule has 4 N–H and O–H groups in total. The van der Waals surface area contributed by atoms with Crippen LogP contribution in [0, 0.1) is 0 Å². The summed E-state index contributed by atoms with van der Waals surface area (Å²) in [5, 5.41) is 16.0. The van der Waals surface area contributed by atoms with E-state index >= 15 is 0 Å². The second-order valence-electron chi connectivity index (χ2n) is 9.01. The molecule has 3 aromatic heterocycles. The van der Waals surface area contributed by atoms with Crippen molar-refractivity contribution in [2.45, 2.75) is 39.3 Å². The molecule has 11 heteroatoms. The molecule has 192 valence electrons. The Kier molecular flexibility index (Phi) is 7.65. The number of hydrogen-bond acceptors (Lipinski definition) is 8. The lowest BCUT2D eigenvalue weighted by atomic mass is 10.1. The largest absolute Gasteiger partial charge is 0.390 e. The lowest BCUT2D eigenvalue weighted by Gasteiger charge is -2.18. The number of benzene rings is 1. The fourth-order valence-corrected chi connectivity index (χ4v) is 4.65. The van der Waals surface area contributed by atoms with Gasteiger partial charge in [0.15, 0.2) is 0 Å². The van der Waals surface area contributed by atoms with Crippen molar-refractivity contribution >= 4 is 46.0 Å². The lowest BCUT2D eigenvalue weighted by Crippen LogP contribution is -2.36. The van der Waals surface area contributed by atoms with E-state index in [0.717, 1.165) is 10.4 Å². The summed E-state index contributed by atoms with van der Waals surface area (Å²) in [6.45, 7) is 5.98. The highest BCUT2D eigenvalue weighted by Gasteiger charge is 2.15. The Balaban J connectivity index is 1.60. The molecule has 4 aromatic rings. The Hall–Kier alpha value is -4.09. The lowest BCUT2D eigenvalue weighted by molar-refractivity contribution is 0.0748. The summed E-state index contributed by atoms with van der Waals surface area (Å²) < 4.78 is 1.39. The van der Waals surface area contributed by atoms with Crippen LogP contribution < -0.4 is 21.8 Å². The molecule has 0 spiro atoms. The number of carbonyl (C=O) groups excluding carboxylic acids is 1. The number of H-pyrrole nitrogens is 1. The summed E-state index contributed by atoms with van der Waals surface area (Å²) in [4.78, 5) is 49.6. The van der Waals surface area contributed by atoms with Gasteiger partial charge in [0.05, 0.1) is 39.2 Å². The highest BCUT2D eigenvalue weighted by molar-refractivity contribution is 7.17. The summed E-state index contributed by atoms with van der Waals surface area (Å²) in [7, 11) is 0. The van der Waals surface area contributed by atoms with E-state index in [0.29, 0.717) is 46.8 Å². The van der Waals surface area contributed by atoms with Gasteiger partial charge in [-0.2, -0.15) is 0 Å². The number of aliphatic imine (C=N–C) groups is 1. The van der Waals surface area contributed by atoms with Crippen LogP contribution >= 0.6 is 11.3 Å². The SMILES string of the molecule is CCn1c(=O)c(=O)[nH]c2cc(N=CNC(=O)c3ccc(-c4ccncc4)s3)c(NCCC(C)(C)O)cc21. The topological polar surface area (TPSA) is 141 Å².